The zero-order chi connectivity index (χ0) is 15.0. The van der Waals surface area contributed by atoms with E-state index in [9.17, 15) is 14.9 Å². The molecular formula is C13H19N3O4. The van der Waals surface area contributed by atoms with E-state index in [0.29, 0.717) is 19.6 Å². The molecule has 0 aromatic heterocycles. The lowest BCUT2D eigenvalue weighted by atomic mass is 10.1. The van der Waals surface area contributed by atoms with E-state index in [0.717, 1.165) is 12.0 Å². The van der Waals surface area contributed by atoms with Crippen molar-refractivity contribution >= 4 is 11.6 Å². The van der Waals surface area contributed by atoms with Crippen molar-refractivity contribution < 1.29 is 14.5 Å². The number of carbonyl (C=O) groups is 1. The Balaban J connectivity index is 2.38. The number of hydrogen-bond donors (Lipinski definition) is 2. The van der Waals surface area contributed by atoms with Crippen LogP contribution in [-0.2, 0) is 16.1 Å². The Morgan fingerprint density at radius 1 is 1.45 bits per heavy atom. The molecule has 0 radical (unpaired) electrons. The van der Waals surface area contributed by atoms with Crippen molar-refractivity contribution in [2.75, 3.05) is 13.7 Å². The molecule has 1 amide bonds. The average molecular weight is 281 g/mol. The van der Waals surface area contributed by atoms with Crippen LogP contribution >= 0.6 is 0 Å². The van der Waals surface area contributed by atoms with Crippen molar-refractivity contribution in [3.8, 4) is 0 Å². The van der Waals surface area contributed by atoms with Crippen LogP contribution in [0.25, 0.3) is 0 Å². The second-order valence-corrected chi connectivity index (χ2v) is 4.38. The molecule has 0 aliphatic heterocycles. The fraction of sp³-hybridized carbons (Fsp3) is 0.462. The molecule has 1 aromatic rings. The fourth-order valence-corrected chi connectivity index (χ4v) is 1.63. The molecule has 0 saturated carbocycles. The highest BCUT2D eigenvalue weighted by Crippen LogP contribution is 2.11. The van der Waals surface area contributed by atoms with Crippen LogP contribution in [0.5, 0.6) is 0 Å². The van der Waals surface area contributed by atoms with Crippen LogP contribution < -0.4 is 11.1 Å². The Labute approximate surface area is 117 Å². The van der Waals surface area contributed by atoms with Gasteiger partial charge in [0.25, 0.3) is 5.69 Å². The first kappa shape index (κ1) is 16.1. The Hall–Kier alpha value is -1.99. The summed E-state index contributed by atoms with van der Waals surface area (Å²) in [5.41, 5.74) is 6.54. The number of nitrogens with zero attached hydrogens (tertiary/aromatic N) is 1. The van der Waals surface area contributed by atoms with Gasteiger partial charge in [-0.3, -0.25) is 14.9 Å². The van der Waals surface area contributed by atoms with Crippen molar-refractivity contribution in [1.29, 1.82) is 0 Å². The maximum absolute atomic E-state index is 11.7. The molecular weight excluding hydrogens is 262 g/mol. The first-order chi connectivity index (χ1) is 9.54. The van der Waals surface area contributed by atoms with Crippen LogP contribution in [0.3, 0.4) is 0 Å². The number of ether oxygens (including phenoxy) is 1. The van der Waals surface area contributed by atoms with Gasteiger partial charge in [0, 0.05) is 32.4 Å². The smallest absolute Gasteiger partial charge is 0.269 e. The van der Waals surface area contributed by atoms with Gasteiger partial charge in [0.2, 0.25) is 5.91 Å². The second-order valence-electron chi connectivity index (χ2n) is 4.38. The standard InChI is InChI=1S/C13H19N3O4/c1-20-8-2-3-12(14)13(17)15-9-10-4-6-11(7-5-10)16(18)19/h4-7,12H,2-3,8-9,14H2,1H3,(H,15,17). The zero-order valence-corrected chi connectivity index (χ0v) is 11.4. The molecule has 1 atom stereocenters. The van der Waals surface area contributed by atoms with Crippen LogP contribution in [0.15, 0.2) is 24.3 Å². The highest BCUT2D eigenvalue weighted by Gasteiger charge is 2.12. The van der Waals surface area contributed by atoms with Gasteiger partial charge in [0.1, 0.15) is 0 Å². The van der Waals surface area contributed by atoms with Gasteiger partial charge in [-0.2, -0.15) is 0 Å². The molecule has 1 rings (SSSR count). The number of amides is 1. The number of non-ortho nitro benzene ring substituents is 1. The lowest BCUT2D eigenvalue weighted by Gasteiger charge is -2.11. The summed E-state index contributed by atoms with van der Waals surface area (Å²) in [6.07, 6.45) is 1.28. The molecule has 0 spiro atoms. The second kappa shape index (κ2) is 8.23. The Morgan fingerprint density at radius 2 is 2.10 bits per heavy atom. The van der Waals surface area contributed by atoms with Gasteiger partial charge >= 0.3 is 0 Å². The largest absolute Gasteiger partial charge is 0.385 e. The lowest BCUT2D eigenvalue weighted by molar-refractivity contribution is -0.384. The van der Waals surface area contributed by atoms with Crippen molar-refractivity contribution in [2.24, 2.45) is 5.73 Å². The molecule has 7 nitrogen and oxygen atoms in total. The van der Waals surface area contributed by atoms with E-state index in [4.69, 9.17) is 10.5 Å². The van der Waals surface area contributed by atoms with Crippen molar-refractivity contribution in [3.05, 3.63) is 39.9 Å². The molecule has 20 heavy (non-hydrogen) atoms. The van der Waals surface area contributed by atoms with Gasteiger partial charge in [0.05, 0.1) is 11.0 Å². The third kappa shape index (κ3) is 5.33. The molecule has 7 heteroatoms. The Morgan fingerprint density at radius 3 is 2.65 bits per heavy atom. The number of methoxy groups -OCH3 is 1. The van der Waals surface area contributed by atoms with E-state index in [-0.39, 0.29) is 11.6 Å². The van der Waals surface area contributed by atoms with Crippen LogP contribution in [0, 0.1) is 10.1 Å². The van der Waals surface area contributed by atoms with Gasteiger partial charge in [-0.05, 0) is 18.4 Å². The number of carbonyl (C=O) groups excluding carboxylic acids is 1. The highest BCUT2D eigenvalue weighted by atomic mass is 16.6. The summed E-state index contributed by atoms with van der Waals surface area (Å²) in [5.74, 6) is -0.237. The summed E-state index contributed by atoms with van der Waals surface area (Å²) in [4.78, 5) is 21.7. The summed E-state index contributed by atoms with van der Waals surface area (Å²) in [6, 6.07) is 5.45. The lowest BCUT2D eigenvalue weighted by Crippen LogP contribution is -2.40. The maximum atomic E-state index is 11.7. The summed E-state index contributed by atoms with van der Waals surface area (Å²) in [7, 11) is 1.60. The summed E-state index contributed by atoms with van der Waals surface area (Å²) < 4.78 is 4.89. The molecule has 0 aliphatic rings. The topological polar surface area (TPSA) is 107 Å². The van der Waals surface area contributed by atoms with E-state index in [1.165, 1.54) is 12.1 Å². The molecule has 110 valence electrons. The fourth-order valence-electron chi connectivity index (χ4n) is 1.63. The van der Waals surface area contributed by atoms with Crippen LogP contribution in [-0.4, -0.2) is 30.6 Å². The van der Waals surface area contributed by atoms with E-state index < -0.39 is 11.0 Å². The quantitative estimate of drug-likeness (QED) is 0.419. The minimum Gasteiger partial charge on any atom is -0.385 e. The number of nitro benzene ring substituents is 1. The first-order valence-electron chi connectivity index (χ1n) is 6.30. The number of benzene rings is 1. The number of hydrogen-bond acceptors (Lipinski definition) is 5. The number of nitro groups is 1. The molecule has 1 aromatic carbocycles. The maximum Gasteiger partial charge on any atom is 0.269 e. The highest BCUT2D eigenvalue weighted by molar-refractivity contribution is 5.81. The summed E-state index contributed by atoms with van der Waals surface area (Å²) >= 11 is 0. The average Bonchev–Trinajstić information content (AvgIpc) is 2.45. The monoisotopic (exact) mass is 281 g/mol. The molecule has 0 heterocycles. The minimum atomic E-state index is -0.566. The van der Waals surface area contributed by atoms with Gasteiger partial charge in [-0.25, -0.2) is 0 Å². The number of nitrogens with two attached hydrogens (primary N) is 1. The third-order valence-corrected chi connectivity index (χ3v) is 2.81. The molecule has 0 bridgehead atoms. The summed E-state index contributed by atoms with van der Waals surface area (Å²) in [6.45, 7) is 0.873. The number of rotatable bonds is 8. The third-order valence-electron chi connectivity index (χ3n) is 2.81. The van der Waals surface area contributed by atoms with Crippen LogP contribution in [0.2, 0.25) is 0 Å². The van der Waals surface area contributed by atoms with E-state index in [2.05, 4.69) is 5.32 Å². The summed E-state index contributed by atoms with van der Waals surface area (Å²) in [5, 5.41) is 13.2. The van der Waals surface area contributed by atoms with Crippen molar-refractivity contribution in [2.45, 2.75) is 25.4 Å². The molecule has 1 unspecified atom stereocenters. The first-order valence-corrected chi connectivity index (χ1v) is 6.30. The molecule has 0 fully saturated rings. The SMILES string of the molecule is COCCCC(N)C(=O)NCc1ccc([N+](=O)[O-])cc1. The zero-order valence-electron chi connectivity index (χ0n) is 11.4. The number of nitrogens with one attached hydrogen (secondary N) is 1. The Kier molecular flexibility index (Phi) is 6.61. The van der Waals surface area contributed by atoms with E-state index in [1.54, 1.807) is 19.2 Å². The molecule has 0 saturated heterocycles. The van der Waals surface area contributed by atoms with Gasteiger partial charge < -0.3 is 15.8 Å². The normalized spacial score (nSPS) is 11.9. The van der Waals surface area contributed by atoms with Crippen LogP contribution in [0.1, 0.15) is 18.4 Å². The molecule has 0 aliphatic carbocycles. The van der Waals surface area contributed by atoms with E-state index in [1.807, 2.05) is 0 Å². The van der Waals surface area contributed by atoms with Crippen molar-refractivity contribution in [3.63, 3.8) is 0 Å². The van der Waals surface area contributed by atoms with Crippen LogP contribution in [0.4, 0.5) is 5.69 Å². The van der Waals surface area contributed by atoms with Gasteiger partial charge in [-0.15, -0.1) is 0 Å². The minimum absolute atomic E-state index is 0.0244. The van der Waals surface area contributed by atoms with Crippen molar-refractivity contribution in [1.82, 2.24) is 5.32 Å². The molecule has 3 N–H and O–H groups in total. The van der Waals surface area contributed by atoms with E-state index >= 15 is 0 Å². The van der Waals surface area contributed by atoms with Gasteiger partial charge in [0.15, 0.2) is 0 Å². The van der Waals surface area contributed by atoms with Gasteiger partial charge in [-0.1, -0.05) is 12.1 Å². The predicted octanol–water partition coefficient (Wildman–Crippen LogP) is 0.965. The predicted molar refractivity (Wildman–Crippen MR) is 74.0 cm³/mol. The Bertz CT molecular complexity index is 447.